The molecule has 0 aliphatic rings. The maximum absolute atomic E-state index is 4.17. The van der Waals surface area contributed by atoms with Crippen molar-refractivity contribution in [2.45, 2.75) is 11.8 Å². The Kier molecular flexibility index (Phi) is 16.0. The Labute approximate surface area is 652 Å². The molecule has 0 aliphatic heterocycles. The minimum Gasteiger partial charge on any atom is -0.310 e. The fraction of sp³-hybridized carbons (Fsp3) is 0.00971. The van der Waals surface area contributed by atoms with Crippen LogP contribution in [0, 0.1) is 6.92 Å². The highest BCUT2D eigenvalue weighted by atomic mass is 32.1. The summed E-state index contributed by atoms with van der Waals surface area (Å²) in [7, 11) is 0. The first-order valence-electron chi connectivity index (χ1n) is 37.8. The van der Waals surface area contributed by atoms with Gasteiger partial charge in [0.05, 0.1) is 43.5 Å². The first-order valence-corrected chi connectivity index (χ1v) is 39.1. The molecule has 0 radical (unpaired) electrons. The van der Waals surface area contributed by atoms with Crippen LogP contribution in [0.4, 0.5) is 51.2 Å². The molecule has 4 heterocycles. The average Bonchev–Trinajstić information content (AvgIpc) is 1.65. The Morgan fingerprint density at radius 1 is 0.234 bits per heavy atom. The van der Waals surface area contributed by atoms with Crippen LogP contribution in [0.2, 0.25) is 0 Å². The second kappa shape index (κ2) is 27.1. The lowest BCUT2D eigenvalue weighted by atomic mass is 9.98. The Bertz CT molecular complexity index is 6880. The van der Waals surface area contributed by atoms with E-state index in [4.69, 9.17) is 0 Å². The summed E-state index contributed by atoms with van der Waals surface area (Å²) in [5.41, 5.74) is 28.1. The molecule has 21 rings (SSSR count). The number of aryl methyl sites for hydroxylation is 1. The molecule has 0 bridgehead atoms. The number of nitrogens with zero attached hydrogens (tertiary/aromatic N) is 6. The van der Waals surface area contributed by atoms with E-state index in [-0.39, 0.29) is 0 Å². The van der Waals surface area contributed by atoms with Gasteiger partial charge < -0.3 is 28.4 Å². The van der Waals surface area contributed by atoms with Gasteiger partial charge in [0.2, 0.25) is 0 Å². The molecule has 111 heavy (non-hydrogen) atoms. The molecule has 17 aromatic carbocycles. The molecule has 6 nitrogen and oxygen atoms in total. The number of hydrogen-bond acceptors (Lipinski definition) is 4. The summed E-state index contributed by atoms with van der Waals surface area (Å²) in [5.74, 6) is 0. The molecule has 8 heteroatoms. The van der Waals surface area contributed by atoms with E-state index in [1.807, 2.05) is 11.3 Å². The van der Waals surface area contributed by atoms with Crippen LogP contribution in [-0.4, -0.2) is 13.7 Å². The van der Waals surface area contributed by atoms with E-state index in [0.717, 1.165) is 112 Å². The first kappa shape index (κ1) is 65.4. The molecule has 0 unspecified atom stereocenters. The summed E-state index contributed by atoms with van der Waals surface area (Å²) in [6.07, 6.45) is 0. The summed E-state index contributed by atoms with van der Waals surface area (Å²) >= 11 is 6.03. The predicted octanol–water partition coefficient (Wildman–Crippen LogP) is 28.4. The summed E-state index contributed by atoms with van der Waals surface area (Å²) in [6, 6.07) is 147. The lowest BCUT2D eigenvalue weighted by Crippen LogP contribution is -2.11. The van der Waals surface area contributed by atoms with Crippen LogP contribution in [-0.2, 0) is 12.6 Å². The van der Waals surface area contributed by atoms with Gasteiger partial charge in [-0.25, -0.2) is 0 Å². The zero-order chi connectivity index (χ0) is 73.6. The molecular formula is C103H71N6S2+. The third kappa shape index (κ3) is 11.2. The predicted molar refractivity (Wildman–Crippen MR) is 476 cm³/mol. The number of hydrogen-bond donors (Lipinski definition) is 0. The molecule has 4 aromatic heterocycles. The minimum absolute atomic E-state index is 1.04. The van der Waals surface area contributed by atoms with Gasteiger partial charge >= 0.3 is 0 Å². The van der Waals surface area contributed by atoms with Crippen molar-refractivity contribution in [2.75, 3.05) is 14.7 Å². The summed E-state index contributed by atoms with van der Waals surface area (Å²) in [4.78, 5) is 8.21. The topological polar surface area (TPSA) is 24.5 Å². The minimum atomic E-state index is 1.04. The van der Waals surface area contributed by atoms with E-state index < -0.39 is 0 Å². The number of anilines is 9. The van der Waals surface area contributed by atoms with Gasteiger partial charge in [0.25, 0.3) is 0 Å². The molecule has 0 saturated heterocycles. The fourth-order valence-corrected chi connectivity index (χ4v) is 18.7. The Morgan fingerprint density at radius 3 is 1.05 bits per heavy atom. The van der Waals surface area contributed by atoms with E-state index in [0.29, 0.717) is 0 Å². The van der Waals surface area contributed by atoms with E-state index in [9.17, 15) is 0 Å². The van der Waals surface area contributed by atoms with Gasteiger partial charge in [-0.2, -0.15) is 0 Å². The van der Waals surface area contributed by atoms with Crippen molar-refractivity contribution in [1.82, 2.24) is 13.7 Å². The Morgan fingerprint density at radius 2 is 0.577 bits per heavy atom. The van der Waals surface area contributed by atoms with Crippen LogP contribution in [0.15, 0.2) is 405 Å². The maximum atomic E-state index is 4.17. The quantitative estimate of drug-likeness (QED) is 0.0956. The zero-order valence-corrected chi connectivity index (χ0v) is 62.5. The van der Waals surface area contributed by atoms with Crippen molar-refractivity contribution in [1.29, 1.82) is 0 Å². The van der Waals surface area contributed by atoms with E-state index >= 15 is 0 Å². The van der Waals surface area contributed by atoms with Crippen LogP contribution >= 0.6 is 11.3 Å². The van der Waals surface area contributed by atoms with Gasteiger partial charge in [-0.3, -0.25) is 0 Å². The second-order valence-electron chi connectivity index (χ2n) is 28.6. The molecule has 0 fully saturated rings. The highest BCUT2D eigenvalue weighted by molar-refractivity contribution is 7.59. The lowest BCUT2D eigenvalue weighted by Gasteiger charge is -2.27. The van der Waals surface area contributed by atoms with E-state index in [1.165, 1.54) is 85.7 Å². The zero-order valence-electron chi connectivity index (χ0n) is 60.7. The summed E-state index contributed by atoms with van der Waals surface area (Å²) < 4.78 is 9.70. The number of para-hydroxylation sites is 7. The van der Waals surface area contributed by atoms with Crippen LogP contribution in [0.5, 0.6) is 0 Å². The molecule has 524 valence electrons. The van der Waals surface area contributed by atoms with Crippen LogP contribution < -0.4 is 14.7 Å². The lowest BCUT2D eigenvalue weighted by molar-refractivity contribution is 1.16. The van der Waals surface area contributed by atoms with E-state index in [2.05, 4.69) is 448 Å². The molecule has 0 aliphatic carbocycles. The summed E-state index contributed by atoms with van der Waals surface area (Å²) in [6.45, 7) is 2.17. The van der Waals surface area contributed by atoms with Crippen molar-refractivity contribution < 1.29 is 0 Å². The van der Waals surface area contributed by atoms with Crippen molar-refractivity contribution in [2.24, 2.45) is 0 Å². The van der Waals surface area contributed by atoms with Gasteiger partial charge in [-0.05, 0) is 247 Å². The average molecular weight is 1460 g/mol. The number of rotatable bonds is 15. The largest absolute Gasteiger partial charge is 0.310 e. The molecule has 0 atom stereocenters. The number of benzene rings is 17. The highest BCUT2D eigenvalue weighted by Gasteiger charge is 2.26. The molecule has 0 N–H and O–H groups in total. The first-order chi connectivity index (χ1) is 54.9. The maximum Gasteiger partial charge on any atom is 0.182 e. The molecule has 0 amide bonds. The SMILES string of the molecule is Cc1ccccc1-c1cccc(N(c2ccccc2)c2ccc(-c3ccc(N(c4ccccc4)c4cc(-c5ccc6c(c5)c5ccccc5n6-c5ccc(N(c6ccc(-n7c8ccccc8c8ccccc87)cc6)c6ccc(-n7c8ccccc8c8ccccc87)cc6)cc5)cc5c4sc4ccccc45)cc3)cc2)c1[SH2+]. The van der Waals surface area contributed by atoms with Crippen molar-refractivity contribution in [3.8, 4) is 50.4 Å². The molecule has 21 aromatic rings. The molecule has 0 saturated carbocycles. The Hall–Kier alpha value is -13.9. The smallest absolute Gasteiger partial charge is 0.182 e. The monoisotopic (exact) mass is 1460 g/mol. The van der Waals surface area contributed by atoms with Crippen molar-refractivity contribution in [3.63, 3.8) is 0 Å². The summed E-state index contributed by atoms with van der Waals surface area (Å²) in [5, 5.41) is 9.83. The van der Waals surface area contributed by atoms with Crippen molar-refractivity contribution in [3.05, 3.63) is 406 Å². The molecule has 0 spiro atoms. The van der Waals surface area contributed by atoms with Crippen LogP contribution in [0.1, 0.15) is 5.56 Å². The Balaban J connectivity index is 0.640. The van der Waals surface area contributed by atoms with Gasteiger partial charge in [-0.15, -0.1) is 11.3 Å². The van der Waals surface area contributed by atoms with E-state index in [1.54, 1.807) is 0 Å². The third-order valence-electron chi connectivity index (χ3n) is 22.3. The fourth-order valence-electron chi connectivity index (χ4n) is 17.1. The standard InChI is InChI=1S/C103H70N6S2/c1-68-23-8-9-28-83(68)90-35-22-41-99(102(90)110)105(73-24-4-2-5-25-73)78-48-43-69(44-49-78)70-45-50-79(51-46-70)106(74-26-6-3-7-27-74)100-67-72(66-92-89-34-15-21-42-101(89)111-103(92)100)71-47-64-98-91(65-71)88-33-14-20-40-97(88)109(98)82-62-56-77(57-63-82)104(75-52-58-80(59-53-75)107-93-36-16-10-29-84(93)85-30-11-17-37-94(85)107)76-54-60-81(61-55-76)108-95-38-18-12-31-86(95)87-32-13-19-39-96(87)108/h2-67,110H,1H3/p+1. The van der Waals surface area contributed by atoms with Gasteiger partial charge in [0.15, 0.2) is 4.90 Å². The van der Waals surface area contributed by atoms with Gasteiger partial charge in [0, 0.05) is 110 Å². The number of aromatic nitrogens is 3. The second-order valence-corrected chi connectivity index (χ2v) is 30.2. The normalized spacial score (nSPS) is 11.7. The van der Waals surface area contributed by atoms with Crippen LogP contribution in [0.25, 0.3) is 136 Å². The molecular weight excluding hydrogens is 1390 g/mol. The third-order valence-corrected chi connectivity index (χ3v) is 24.0. The number of fused-ring (bicyclic) bond motifs is 12. The van der Waals surface area contributed by atoms with Crippen molar-refractivity contribution >= 4 is 161 Å². The highest BCUT2D eigenvalue weighted by Crippen LogP contribution is 2.50. The van der Waals surface area contributed by atoms with Gasteiger partial charge in [-0.1, -0.05) is 206 Å². The van der Waals surface area contributed by atoms with Gasteiger partial charge in [0.1, 0.15) is 5.69 Å². The van der Waals surface area contributed by atoms with Crippen LogP contribution in [0.3, 0.4) is 0 Å². The number of thiophene rings is 1.